The third-order valence-corrected chi connectivity index (χ3v) is 11.0. The Labute approximate surface area is 333 Å². The lowest BCUT2D eigenvalue weighted by Crippen LogP contribution is -2.60. The number of hydrogen-bond donors (Lipinski definition) is 8. The summed E-state index contributed by atoms with van der Waals surface area (Å²) >= 11 is 0. The van der Waals surface area contributed by atoms with Gasteiger partial charge in [-0.3, -0.25) is 9.59 Å². The number of amides is 2. The van der Waals surface area contributed by atoms with Crippen LogP contribution in [0, 0.1) is 0 Å². The molecule has 12 heteroatoms. The molecule has 0 radical (unpaired) electrons. The van der Waals surface area contributed by atoms with Gasteiger partial charge in [0.15, 0.2) is 6.29 Å². The van der Waals surface area contributed by atoms with Gasteiger partial charge >= 0.3 is 0 Å². The van der Waals surface area contributed by atoms with Crippen LogP contribution in [-0.4, -0.2) is 111 Å². The van der Waals surface area contributed by atoms with E-state index >= 15 is 0 Å². The third-order valence-electron chi connectivity index (χ3n) is 11.0. The van der Waals surface area contributed by atoms with E-state index in [1.807, 2.05) is 0 Å². The lowest BCUT2D eigenvalue weighted by atomic mass is 9.98. The van der Waals surface area contributed by atoms with Crippen molar-refractivity contribution in [2.24, 2.45) is 0 Å². The molecule has 0 spiro atoms. The zero-order valence-electron chi connectivity index (χ0n) is 34.9. The SMILES string of the molecule is CCCCCCCCCCCCCC[C@@H](O)[C@@H](O)[C@H](CO[C@H]1OC(CO)[C@H](O)[C@H](O)C1O)NC(=O)CCCCCCCNC(=O)CCCCCCCCCC. The molecular weight excluding hydrogens is 704 g/mol. The van der Waals surface area contributed by atoms with E-state index < -0.39 is 55.6 Å². The average Bonchev–Trinajstić information content (AvgIpc) is 3.18. The highest BCUT2D eigenvalue weighted by atomic mass is 16.7. The molecule has 55 heavy (non-hydrogen) atoms. The fourth-order valence-corrected chi connectivity index (χ4v) is 7.22. The van der Waals surface area contributed by atoms with E-state index in [2.05, 4.69) is 24.5 Å². The van der Waals surface area contributed by atoms with Gasteiger partial charge in [-0.2, -0.15) is 0 Å². The third kappa shape index (κ3) is 25.6. The Morgan fingerprint density at radius 1 is 0.600 bits per heavy atom. The summed E-state index contributed by atoms with van der Waals surface area (Å²) in [5, 5.41) is 68.0. The van der Waals surface area contributed by atoms with Crippen molar-refractivity contribution < 1.29 is 49.7 Å². The van der Waals surface area contributed by atoms with Crippen molar-refractivity contribution in [1.82, 2.24) is 10.6 Å². The van der Waals surface area contributed by atoms with Crippen LogP contribution in [0.4, 0.5) is 0 Å². The minimum absolute atomic E-state index is 0.120. The molecule has 1 saturated heterocycles. The number of nitrogens with one attached hydrogen (secondary N) is 2. The molecule has 0 bridgehead atoms. The summed E-state index contributed by atoms with van der Waals surface area (Å²) in [6, 6.07) is -1.03. The molecule has 2 amide bonds. The van der Waals surface area contributed by atoms with Crippen molar-refractivity contribution in [3.63, 3.8) is 0 Å². The highest BCUT2D eigenvalue weighted by molar-refractivity contribution is 5.76. The molecule has 326 valence electrons. The van der Waals surface area contributed by atoms with Gasteiger partial charge in [-0.25, -0.2) is 0 Å². The largest absolute Gasteiger partial charge is 0.394 e. The van der Waals surface area contributed by atoms with Crippen LogP contribution in [0.25, 0.3) is 0 Å². The van der Waals surface area contributed by atoms with Crippen molar-refractivity contribution in [2.45, 2.75) is 243 Å². The molecule has 0 aromatic heterocycles. The van der Waals surface area contributed by atoms with E-state index in [-0.39, 0.29) is 24.8 Å². The number of rotatable bonds is 37. The number of carbonyl (C=O) groups excluding carboxylic acids is 2. The zero-order valence-corrected chi connectivity index (χ0v) is 34.9. The van der Waals surface area contributed by atoms with Gasteiger partial charge in [0.05, 0.1) is 25.4 Å². The molecule has 1 heterocycles. The fraction of sp³-hybridized carbons (Fsp3) is 0.953. The predicted molar refractivity (Wildman–Crippen MR) is 217 cm³/mol. The summed E-state index contributed by atoms with van der Waals surface area (Å²) < 4.78 is 11.1. The van der Waals surface area contributed by atoms with Gasteiger partial charge < -0.3 is 50.7 Å². The van der Waals surface area contributed by atoms with Crippen LogP contribution in [0.2, 0.25) is 0 Å². The molecule has 0 aliphatic carbocycles. The number of aliphatic hydroxyl groups excluding tert-OH is 6. The molecule has 0 aromatic rings. The van der Waals surface area contributed by atoms with Crippen LogP contribution in [0.5, 0.6) is 0 Å². The first-order valence-electron chi connectivity index (χ1n) is 22.5. The number of unbranched alkanes of at least 4 members (excludes halogenated alkanes) is 22. The van der Waals surface area contributed by atoms with Crippen molar-refractivity contribution in [3.05, 3.63) is 0 Å². The Bertz CT molecular complexity index is 913. The minimum atomic E-state index is -1.62. The van der Waals surface area contributed by atoms with E-state index in [0.29, 0.717) is 25.8 Å². The van der Waals surface area contributed by atoms with Crippen molar-refractivity contribution in [2.75, 3.05) is 19.8 Å². The zero-order chi connectivity index (χ0) is 40.5. The summed E-state index contributed by atoms with van der Waals surface area (Å²) in [5.74, 6) is -0.193. The topological polar surface area (TPSA) is 198 Å². The highest BCUT2D eigenvalue weighted by Crippen LogP contribution is 2.23. The predicted octanol–water partition coefficient (Wildman–Crippen LogP) is 6.09. The molecule has 1 aliphatic rings. The smallest absolute Gasteiger partial charge is 0.220 e. The first-order chi connectivity index (χ1) is 26.7. The standard InChI is InChI=1S/C43H84N2O10/c1-3-5-7-9-11-13-14-15-16-17-20-24-28-35(47)39(50)34(33-54-43-42(53)41(52)40(51)36(32-46)55-43)45-38(49)30-26-22-19-23-27-31-44-37(48)29-25-21-18-12-10-8-6-4-2/h34-36,39-43,46-47,50-53H,3-33H2,1-2H3,(H,44,48)(H,45,49)/t34-,35+,36?,39-,40-,41-,42?,43-/m0/s1. The molecule has 1 fully saturated rings. The number of carbonyl (C=O) groups is 2. The second-order valence-electron chi connectivity index (χ2n) is 16.0. The summed E-state index contributed by atoms with van der Waals surface area (Å²) in [6.45, 7) is 4.16. The Balaban J connectivity index is 2.41. The Kier molecular flexibility index (Phi) is 32.5. The molecule has 12 nitrogen and oxygen atoms in total. The number of ether oxygens (including phenoxy) is 2. The van der Waals surface area contributed by atoms with Gasteiger partial charge in [0.25, 0.3) is 0 Å². The Morgan fingerprint density at radius 3 is 1.56 bits per heavy atom. The second kappa shape index (κ2) is 34.6. The second-order valence-corrected chi connectivity index (χ2v) is 16.0. The lowest BCUT2D eigenvalue weighted by molar-refractivity contribution is -0.303. The van der Waals surface area contributed by atoms with E-state index in [4.69, 9.17) is 9.47 Å². The average molecular weight is 789 g/mol. The quantitative estimate of drug-likeness (QED) is 0.0341. The summed E-state index contributed by atoms with van der Waals surface area (Å²) in [5.41, 5.74) is 0. The molecule has 0 aromatic carbocycles. The van der Waals surface area contributed by atoms with E-state index in [1.165, 1.54) is 89.9 Å². The summed E-state index contributed by atoms with van der Waals surface area (Å²) in [4.78, 5) is 25.1. The summed E-state index contributed by atoms with van der Waals surface area (Å²) in [6.07, 6.45) is 19.4. The minimum Gasteiger partial charge on any atom is -0.394 e. The van der Waals surface area contributed by atoms with Gasteiger partial charge in [0.2, 0.25) is 11.8 Å². The van der Waals surface area contributed by atoms with Gasteiger partial charge in [0, 0.05) is 19.4 Å². The number of aliphatic hydroxyl groups is 6. The molecular formula is C43H84N2O10. The van der Waals surface area contributed by atoms with Gasteiger partial charge in [0.1, 0.15) is 30.5 Å². The van der Waals surface area contributed by atoms with Crippen LogP contribution in [0.3, 0.4) is 0 Å². The van der Waals surface area contributed by atoms with Gasteiger partial charge in [-0.05, 0) is 25.7 Å². The fourth-order valence-electron chi connectivity index (χ4n) is 7.22. The molecule has 1 aliphatic heterocycles. The molecule has 8 N–H and O–H groups in total. The van der Waals surface area contributed by atoms with E-state index in [1.54, 1.807) is 0 Å². The molecule has 8 atom stereocenters. The van der Waals surface area contributed by atoms with Crippen LogP contribution >= 0.6 is 0 Å². The van der Waals surface area contributed by atoms with E-state index in [0.717, 1.165) is 64.2 Å². The number of hydrogen-bond acceptors (Lipinski definition) is 10. The Hall–Kier alpha value is -1.38. The normalized spacial score (nSPS) is 21.6. The Morgan fingerprint density at radius 2 is 1.05 bits per heavy atom. The first-order valence-corrected chi connectivity index (χ1v) is 22.5. The monoisotopic (exact) mass is 789 g/mol. The molecule has 2 unspecified atom stereocenters. The maximum Gasteiger partial charge on any atom is 0.220 e. The van der Waals surface area contributed by atoms with Crippen molar-refractivity contribution >= 4 is 11.8 Å². The van der Waals surface area contributed by atoms with Crippen LogP contribution < -0.4 is 10.6 Å². The van der Waals surface area contributed by atoms with Crippen LogP contribution in [-0.2, 0) is 19.1 Å². The van der Waals surface area contributed by atoms with Crippen LogP contribution in [0.1, 0.15) is 194 Å². The van der Waals surface area contributed by atoms with Crippen LogP contribution in [0.15, 0.2) is 0 Å². The maximum absolute atomic E-state index is 13.0. The van der Waals surface area contributed by atoms with E-state index in [9.17, 15) is 40.2 Å². The molecule has 1 rings (SSSR count). The summed E-state index contributed by atoms with van der Waals surface area (Å²) in [7, 11) is 0. The first kappa shape index (κ1) is 51.6. The van der Waals surface area contributed by atoms with Gasteiger partial charge in [-0.15, -0.1) is 0 Å². The maximum atomic E-state index is 13.0. The molecule has 0 saturated carbocycles. The van der Waals surface area contributed by atoms with Gasteiger partial charge in [-0.1, -0.05) is 155 Å². The lowest BCUT2D eigenvalue weighted by Gasteiger charge is -2.40. The van der Waals surface area contributed by atoms with Crippen molar-refractivity contribution in [3.8, 4) is 0 Å². The highest BCUT2D eigenvalue weighted by Gasteiger charge is 2.44. The van der Waals surface area contributed by atoms with Crippen molar-refractivity contribution in [1.29, 1.82) is 0 Å².